The Balaban J connectivity index is 1.73. The third-order valence-corrected chi connectivity index (χ3v) is 4.55. The van der Waals surface area contributed by atoms with Crippen molar-refractivity contribution in [2.45, 2.75) is 18.6 Å². The smallest absolute Gasteiger partial charge is 0.268 e. The highest BCUT2D eigenvalue weighted by Gasteiger charge is 2.51. The molecule has 138 valence electrons. The number of carbonyl (C=O) groups excluding carboxylic acids is 2. The molecule has 2 aromatic rings. The van der Waals surface area contributed by atoms with Crippen LogP contribution in [0.1, 0.15) is 17.5 Å². The Bertz CT molecular complexity index is 939. The molecule has 27 heavy (non-hydrogen) atoms. The maximum Gasteiger partial charge on any atom is 0.268 e. The first-order valence-corrected chi connectivity index (χ1v) is 8.49. The fourth-order valence-electron chi connectivity index (χ4n) is 2.95. The summed E-state index contributed by atoms with van der Waals surface area (Å²) in [6.07, 6.45) is -0.0989. The molecule has 1 aliphatic heterocycles. The van der Waals surface area contributed by atoms with Gasteiger partial charge < -0.3 is 15.3 Å². The van der Waals surface area contributed by atoms with Crippen LogP contribution in [0.3, 0.4) is 0 Å². The number of benzene rings is 2. The summed E-state index contributed by atoms with van der Waals surface area (Å²) in [7, 11) is 0. The average Bonchev–Trinajstić information content (AvgIpc) is 2.95. The summed E-state index contributed by atoms with van der Waals surface area (Å²) in [4.78, 5) is 26.3. The van der Waals surface area contributed by atoms with Crippen molar-refractivity contribution in [3.63, 3.8) is 0 Å². The van der Waals surface area contributed by atoms with Crippen LogP contribution in [-0.2, 0) is 16.1 Å². The molecule has 1 aliphatic rings. The molecule has 0 bridgehead atoms. The number of nitriles is 1. The maximum absolute atomic E-state index is 13.4. The molecule has 2 amide bonds. The Morgan fingerprint density at radius 1 is 1.37 bits per heavy atom. The fraction of sp³-hybridized carbons (Fsp3) is 0.211. The molecule has 1 fully saturated rings. The normalized spacial score (nSPS) is 19.0. The molecule has 0 saturated carbocycles. The molecule has 3 rings (SSSR count). The van der Waals surface area contributed by atoms with Crippen molar-refractivity contribution in [1.82, 2.24) is 5.32 Å². The number of nitrogens with zero attached hydrogens (tertiary/aromatic N) is 2. The summed E-state index contributed by atoms with van der Waals surface area (Å²) in [5, 5.41) is 22.2. The van der Waals surface area contributed by atoms with Crippen LogP contribution in [0.15, 0.2) is 42.5 Å². The molecule has 0 spiro atoms. The van der Waals surface area contributed by atoms with Gasteiger partial charge in [-0.3, -0.25) is 9.59 Å². The second-order valence-corrected chi connectivity index (χ2v) is 6.63. The van der Waals surface area contributed by atoms with Crippen molar-refractivity contribution in [2.24, 2.45) is 0 Å². The Hall–Kier alpha value is -2.95. The number of anilines is 1. The lowest BCUT2D eigenvalue weighted by molar-refractivity contribution is -0.149. The van der Waals surface area contributed by atoms with E-state index >= 15 is 0 Å². The quantitative estimate of drug-likeness (QED) is 0.786. The van der Waals surface area contributed by atoms with E-state index in [4.69, 9.17) is 16.9 Å². The maximum atomic E-state index is 13.4. The molecule has 1 unspecified atom stereocenters. The number of carbonyl (C=O) groups is 2. The second kappa shape index (κ2) is 7.35. The van der Waals surface area contributed by atoms with Gasteiger partial charge in [-0.1, -0.05) is 17.7 Å². The first kappa shape index (κ1) is 18.8. The van der Waals surface area contributed by atoms with Gasteiger partial charge >= 0.3 is 0 Å². The first-order valence-electron chi connectivity index (χ1n) is 8.11. The lowest BCUT2D eigenvalue weighted by atomic mass is 10.0. The highest BCUT2D eigenvalue weighted by molar-refractivity contribution is 6.30. The Morgan fingerprint density at radius 2 is 2.15 bits per heavy atom. The largest absolute Gasteiger partial charge is 0.372 e. The van der Waals surface area contributed by atoms with Gasteiger partial charge in [0.05, 0.1) is 11.6 Å². The molecular weight excluding hydrogens is 373 g/mol. The number of rotatable bonds is 4. The molecule has 2 N–H and O–H groups in total. The second-order valence-electron chi connectivity index (χ2n) is 6.19. The summed E-state index contributed by atoms with van der Waals surface area (Å²) in [5.41, 5.74) is -1.02. The number of amides is 2. The Morgan fingerprint density at radius 3 is 2.85 bits per heavy atom. The van der Waals surface area contributed by atoms with Crippen LogP contribution in [-0.4, -0.2) is 29.1 Å². The molecule has 8 heteroatoms. The summed E-state index contributed by atoms with van der Waals surface area (Å²) in [5.74, 6) is -2.19. The van der Waals surface area contributed by atoms with Gasteiger partial charge in [-0.2, -0.15) is 5.26 Å². The van der Waals surface area contributed by atoms with Gasteiger partial charge in [0.25, 0.3) is 11.8 Å². The Labute approximate surface area is 159 Å². The zero-order valence-corrected chi connectivity index (χ0v) is 14.8. The van der Waals surface area contributed by atoms with E-state index in [9.17, 15) is 19.1 Å². The third kappa shape index (κ3) is 3.77. The van der Waals surface area contributed by atoms with E-state index in [1.165, 1.54) is 23.1 Å². The fourth-order valence-corrected chi connectivity index (χ4v) is 3.19. The van der Waals surface area contributed by atoms with Crippen LogP contribution in [0, 0.1) is 17.1 Å². The van der Waals surface area contributed by atoms with Gasteiger partial charge in [-0.25, -0.2) is 4.39 Å². The topological polar surface area (TPSA) is 93.4 Å². The number of nitrogens with one attached hydrogen (secondary N) is 1. The predicted molar refractivity (Wildman–Crippen MR) is 96.3 cm³/mol. The molecule has 1 atom stereocenters. The lowest BCUT2D eigenvalue weighted by Gasteiger charge is -2.22. The SMILES string of the molecule is N#Cc1cccc(N2CCC(O)(C(=O)NCc3cc(F)cc(Cl)c3)C2=O)c1. The number of aliphatic hydroxyl groups is 1. The zero-order chi connectivity index (χ0) is 19.6. The minimum Gasteiger partial charge on any atom is -0.372 e. The van der Waals surface area contributed by atoms with Crippen molar-refractivity contribution in [2.75, 3.05) is 11.4 Å². The van der Waals surface area contributed by atoms with E-state index in [2.05, 4.69) is 5.32 Å². The van der Waals surface area contributed by atoms with Crippen LogP contribution in [0.5, 0.6) is 0 Å². The minimum absolute atomic E-state index is 0.0875. The zero-order valence-electron chi connectivity index (χ0n) is 14.1. The highest BCUT2D eigenvalue weighted by Crippen LogP contribution is 2.29. The van der Waals surface area contributed by atoms with E-state index in [-0.39, 0.29) is 24.5 Å². The first-order chi connectivity index (χ1) is 12.8. The van der Waals surface area contributed by atoms with Crippen molar-refractivity contribution in [1.29, 1.82) is 5.26 Å². The predicted octanol–water partition coefficient (Wildman–Crippen LogP) is 2.13. The molecule has 0 aliphatic carbocycles. The van der Waals surface area contributed by atoms with Crippen LogP contribution in [0.4, 0.5) is 10.1 Å². The monoisotopic (exact) mass is 387 g/mol. The van der Waals surface area contributed by atoms with Crippen molar-refractivity contribution >= 4 is 29.1 Å². The standard InChI is InChI=1S/C19H15ClFN3O3/c20-14-6-13(7-15(21)9-14)11-23-17(25)19(27)4-5-24(18(19)26)16-3-1-2-12(8-16)10-22/h1-3,6-9,27H,4-5,11H2,(H,23,25). The van der Waals surface area contributed by atoms with Gasteiger partial charge in [0.15, 0.2) is 0 Å². The minimum atomic E-state index is -2.22. The van der Waals surface area contributed by atoms with Gasteiger partial charge in [0.1, 0.15) is 5.82 Å². The van der Waals surface area contributed by atoms with Gasteiger partial charge in [0, 0.05) is 30.2 Å². The van der Waals surface area contributed by atoms with Crippen molar-refractivity contribution in [3.8, 4) is 6.07 Å². The molecular formula is C19H15ClFN3O3. The molecule has 1 saturated heterocycles. The van der Waals surface area contributed by atoms with Gasteiger partial charge in [0.2, 0.25) is 5.60 Å². The van der Waals surface area contributed by atoms with Crippen LogP contribution in [0.2, 0.25) is 5.02 Å². The van der Waals surface area contributed by atoms with Crippen molar-refractivity contribution < 1.29 is 19.1 Å². The van der Waals surface area contributed by atoms with Gasteiger partial charge in [-0.15, -0.1) is 0 Å². The van der Waals surface area contributed by atoms with Gasteiger partial charge in [-0.05, 0) is 42.0 Å². The molecule has 0 aromatic heterocycles. The van der Waals surface area contributed by atoms with E-state index < -0.39 is 23.2 Å². The summed E-state index contributed by atoms with van der Waals surface area (Å²) in [6.45, 7) is 0.0409. The van der Waals surface area contributed by atoms with E-state index in [1.54, 1.807) is 18.2 Å². The molecule has 2 aromatic carbocycles. The molecule has 0 radical (unpaired) electrons. The average molecular weight is 388 g/mol. The number of halogens is 2. The Kier molecular flexibility index (Phi) is 5.13. The highest BCUT2D eigenvalue weighted by atomic mass is 35.5. The third-order valence-electron chi connectivity index (χ3n) is 4.33. The van der Waals surface area contributed by atoms with Crippen LogP contribution >= 0.6 is 11.6 Å². The van der Waals surface area contributed by atoms with E-state index in [0.29, 0.717) is 16.8 Å². The molecule has 1 heterocycles. The molecule has 6 nitrogen and oxygen atoms in total. The summed E-state index contributed by atoms with van der Waals surface area (Å²) >= 11 is 5.77. The summed E-state index contributed by atoms with van der Waals surface area (Å²) in [6, 6.07) is 12.1. The van der Waals surface area contributed by atoms with E-state index in [1.807, 2.05) is 6.07 Å². The van der Waals surface area contributed by atoms with Crippen LogP contribution in [0.25, 0.3) is 0 Å². The summed E-state index contributed by atoms with van der Waals surface area (Å²) < 4.78 is 13.4. The van der Waals surface area contributed by atoms with E-state index in [0.717, 1.165) is 6.07 Å². The number of hydrogen-bond acceptors (Lipinski definition) is 4. The van der Waals surface area contributed by atoms with Crippen molar-refractivity contribution in [3.05, 3.63) is 64.4 Å². The van der Waals surface area contributed by atoms with Crippen LogP contribution < -0.4 is 10.2 Å². The lowest BCUT2D eigenvalue weighted by Crippen LogP contribution is -2.52. The number of hydrogen-bond donors (Lipinski definition) is 2.